The van der Waals surface area contributed by atoms with E-state index in [-0.39, 0.29) is 5.97 Å². The molecule has 114 valence electrons. The number of hydrogen-bond acceptors (Lipinski definition) is 4. The Morgan fingerprint density at radius 2 is 2.19 bits per heavy atom. The first-order valence-corrected chi connectivity index (χ1v) is 7.36. The van der Waals surface area contributed by atoms with Gasteiger partial charge in [-0.1, -0.05) is 12.1 Å². The second-order valence-electron chi connectivity index (χ2n) is 5.33. The summed E-state index contributed by atoms with van der Waals surface area (Å²) in [6.07, 6.45) is 3.44. The molecule has 1 aromatic heterocycles. The van der Waals surface area contributed by atoms with Crippen LogP contribution in [0.5, 0.6) is 0 Å². The van der Waals surface area contributed by atoms with E-state index < -0.39 is 5.54 Å². The summed E-state index contributed by atoms with van der Waals surface area (Å²) >= 11 is 0. The summed E-state index contributed by atoms with van der Waals surface area (Å²) in [4.78, 5) is 16.4. The summed E-state index contributed by atoms with van der Waals surface area (Å²) in [6.45, 7) is 4.95. The standard InChI is InChI=1S/C16H23N3O2/c1-4-21-15(20)16(2,17-3)10-7-11-19-12-18-13-8-5-6-9-14(13)19/h5-6,8-9,12,17H,4,7,10-11H2,1-3H3. The van der Waals surface area contributed by atoms with Crippen molar-refractivity contribution in [2.75, 3.05) is 13.7 Å². The average molecular weight is 289 g/mol. The summed E-state index contributed by atoms with van der Waals surface area (Å²) in [5, 5.41) is 3.08. The predicted molar refractivity (Wildman–Crippen MR) is 83.1 cm³/mol. The van der Waals surface area contributed by atoms with Crippen LogP contribution in [0.4, 0.5) is 0 Å². The van der Waals surface area contributed by atoms with Crippen molar-refractivity contribution in [1.29, 1.82) is 0 Å². The monoisotopic (exact) mass is 289 g/mol. The zero-order chi connectivity index (χ0) is 15.3. The van der Waals surface area contributed by atoms with Crippen LogP contribution in [-0.2, 0) is 16.1 Å². The fourth-order valence-electron chi connectivity index (χ4n) is 2.41. The molecule has 0 radical (unpaired) electrons. The molecule has 0 saturated heterocycles. The van der Waals surface area contributed by atoms with Crippen LogP contribution in [0.2, 0.25) is 0 Å². The molecule has 21 heavy (non-hydrogen) atoms. The molecule has 0 aliphatic carbocycles. The van der Waals surface area contributed by atoms with Crippen LogP contribution < -0.4 is 5.32 Å². The maximum Gasteiger partial charge on any atom is 0.326 e. The van der Waals surface area contributed by atoms with Crippen LogP contribution in [0, 0.1) is 0 Å². The number of benzene rings is 1. The Labute approximate surface area is 125 Å². The van der Waals surface area contributed by atoms with Crippen LogP contribution in [0.25, 0.3) is 11.0 Å². The summed E-state index contributed by atoms with van der Waals surface area (Å²) < 4.78 is 7.26. The van der Waals surface area contributed by atoms with Crippen molar-refractivity contribution >= 4 is 17.0 Å². The first-order chi connectivity index (χ1) is 10.1. The number of rotatable bonds is 7. The number of aromatic nitrogens is 2. The zero-order valence-electron chi connectivity index (χ0n) is 12.9. The van der Waals surface area contributed by atoms with E-state index in [9.17, 15) is 4.79 Å². The number of para-hydroxylation sites is 2. The molecule has 1 N–H and O–H groups in total. The summed E-state index contributed by atoms with van der Waals surface area (Å²) in [7, 11) is 1.80. The molecule has 0 amide bonds. The molecule has 1 aromatic carbocycles. The van der Waals surface area contributed by atoms with E-state index in [1.165, 1.54) is 0 Å². The lowest BCUT2D eigenvalue weighted by atomic mass is 9.96. The topological polar surface area (TPSA) is 56.2 Å². The number of carbonyl (C=O) groups is 1. The van der Waals surface area contributed by atoms with Crippen molar-refractivity contribution in [3.63, 3.8) is 0 Å². The normalized spacial score (nSPS) is 14.0. The molecule has 0 aliphatic rings. The van der Waals surface area contributed by atoms with Crippen LogP contribution in [0.1, 0.15) is 26.7 Å². The van der Waals surface area contributed by atoms with Gasteiger partial charge in [0.15, 0.2) is 0 Å². The van der Waals surface area contributed by atoms with Crippen molar-refractivity contribution in [3.8, 4) is 0 Å². The lowest BCUT2D eigenvalue weighted by Crippen LogP contribution is -2.48. The van der Waals surface area contributed by atoms with Crippen LogP contribution in [0.15, 0.2) is 30.6 Å². The number of nitrogens with zero attached hydrogens (tertiary/aromatic N) is 2. The van der Waals surface area contributed by atoms with E-state index in [0.29, 0.717) is 6.61 Å². The van der Waals surface area contributed by atoms with Gasteiger partial charge in [0.2, 0.25) is 0 Å². The minimum Gasteiger partial charge on any atom is -0.465 e. The Morgan fingerprint density at radius 3 is 2.90 bits per heavy atom. The number of likely N-dealkylation sites (N-methyl/N-ethyl adjacent to an activating group) is 1. The molecular formula is C16H23N3O2. The Morgan fingerprint density at radius 1 is 1.43 bits per heavy atom. The average Bonchev–Trinajstić information content (AvgIpc) is 2.91. The highest BCUT2D eigenvalue weighted by Crippen LogP contribution is 2.17. The van der Waals surface area contributed by atoms with Gasteiger partial charge in [-0.25, -0.2) is 4.98 Å². The van der Waals surface area contributed by atoms with Crippen molar-refractivity contribution in [2.24, 2.45) is 0 Å². The van der Waals surface area contributed by atoms with E-state index in [1.807, 2.05) is 38.4 Å². The Kier molecular flexibility index (Phi) is 4.96. The molecule has 2 rings (SSSR count). The van der Waals surface area contributed by atoms with Crippen molar-refractivity contribution in [2.45, 2.75) is 38.8 Å². The second kappa shape index (κ2) is 6.72. The van der Waals surface area contributed by atoms with Crippen molar-refractivity contribution in [1.82, 2.24) is 14.9 Å². The van der Waals surface area contributed by atoms with Gasteiger partial charge in [-0.15, -0.1) is 0 Å². The van der Waals surface area contributed by atoms with Crippen LogP contribution >= 0.6 is 0 Å². The number of esters is 1. The van der Waals surface area contributed by atoms with Crippen molar-refractivity contribution in [3.05, 3.63) is 30.6 Å². The van der Waals surface area contributed by atoms with E-state index in [0.717, 1.165) is 30.4 Å². The molecule has 1 unspecified atom stereocenters. The molecule has 0 bridgehead atoms. The molecular weight excluding hydrogens is 266 g/mol. The fourth-order valence-corrected chi connectivity index (χ4v) is 2.41. The highest BCUT2D eigenvalue weighted by atomic mass is 16.5. The maximum atomic E-state index is 12.0. The number of aryl methyl sites for hydroxylation is 1. The van der Waals surface area contributed by atoms with Gasteiger partial charge in [0.25, 0.3) is 0 Å². The lowest BCUT2D eigenvalue weighted by Gasteiger charge is -2.26. The van der Waals surface area contributed by atoms with Gasteiger partial charge in [0.05, 0.1) is 24.0 Å². The van der Waals surface area contributed by atoms with Gasteiger partial charge in [-0.2, -0.15) is 0 Å². The SMILES string of the molecule is CCOC(=O)C(C)(CCCn1cnc2ccccc21)NC. The van der Waals surface area contributed by atoms with E-state index in [4.69, 9.17) is 4.74 Å². The van der Waals surface area contributed by atoms with Gasteiger partial charge in [-0.05, 0) is 45.9 Å². The number of ether oxygens (including phenoxy) is 1. The molecule has 0 spiro atoms. The predicted octanol–water partition coefficient (Wildman–Crippen LogP) is 2.36. The van der Waals surface area contributed by atoms with E-state index in [1.54, 1.807) is 7.05 Å². The summed E-state index contributed by atoms with van der Waals surface area (Å²) in [6, 6.07) is 8.06. The highest BCUT2D eigenvalue weighted by molar-refractivity contribution is 5.80. The maximum absolute atomic E-state index is 12.0. The largest absolute Gasteiger partial charge is 0.465 e. The number of imidazole rings is 1. The Bertz CT molecular complexity index is 608. The number of nitrogens with one attached hydrogen (secondary N) is 1. The van der Waals surface area contributed by atoms with Gasteiger partial charge < -0.3 is 14.6 Å². The first-order valence-electron chi connectivity index (χ1n) is 7.36. The summed E-state index contributed by atoms with van der Waals surface area (Å²) in [5.74, 6) is -0.192. The quantitative estimate of drug-likeness (QED) is 0.795. The molecule has 1 atom stereocenters. The molecule has 0 fully saturated rings. The third kappa shape index (κ3) is 3.42. The molecule has 5 heteroatoms. The van der Waals surface area contributed by atoms with Crippen molar-refractivity contribution < 1.29 is 9.53 Å². The van der Waals surface area contributed by atoms with Crippen LogP contribution in [0.3, 0.4) is 0 Å². The number of fused-ring (bicyclic) bond motifs is 1. The van der Waals surface area contributed by atoms with Gasteiger partial charge in [-0.3, -0.25) is 4.79 Å². The minimum absolute atomic E-state index is 0.192. The van der Waals surface area contributed by atoms with Gasteiger partial charge in [0.1, 0.15) is 5.54 Å². The molecule has 0 aliphatic heterocycles. The first kappa shape index (κ1) is 15.5. The molecule has 0 saturated carbocycles. The number of hydrogen-bond donors (Lipinski definition) is 1. The molecule has 5 nitrogen and oxygen atoms in total. The van der Waals surface area contributed by atoms with Gasteiger partial charge in [0, 0.05) is 6.54 Å². The third-order valence-electron chi connectivity index (χ3n) is 3.88. The van der Waals surface area contributed by atoms with E-state index in [2.05, 4.69) is 20.9 Å². The second-order valence-corrected chi connectivity index (χ2v) is 5.33. The smallest absolute Gasteiger partial charge is 0.326 e. The van der Waals surface area contributed by atoms with Gasteiger partial charge >= 0.3 is 5.97 Å². The lowest BCUT2D eigenvalue weighted by molar-refractivity contribution is -0.150. The third-order valence-corrected chi connectivity index (χ3v) is 3.88. The van der Waals surface area contributed by atoms with E-state index >= 15 is 0 Å². The Hall–Kier alpha value is -1.88. The molecule has 2 aromatic rings. The van der Waals surface area contributed by atoms with Crippen LogP contribution in [-0.4, -0.2) is 34.7 Å². The zero-order valence-corrected chi connectivity index (χ0v) is 12.9. The Balaban J connectivity index is 1.98. The molecule has 1 heterocycles. The summed E-state index contributed by atoms with van der Waals surface area (Å²) in [5.41, 5.74) is 1.49. The number of carbonyl (C=O) groups excluding carboxylic acids is 1. The highest BCUT2D eigenvalue weighted by Gasteiger charge is 2.32. The fraction of sp³-hybridized carbons (Fsp3) is 0.500. The minimum atomic E-state index is -0.633.